The molecule has 0 radical (unpaired) electrons. The summed E-state index contributed by atoms with van der Waals surface area (Å²) in [6.07, 6.45) is 8.88. The second kappa shape index (κ2) is 14.0. The van der Waals surface area contributed by atoms with Crippen LogP contribution in [0.1, 0.15) is 76.7 Å². The van der Waals surface area contributed by atoms with Gasteiger partial charge in [-0.15, -0.1) is 0 Å². The number of rotatable bonds is 11. The van der Waals surface area contributed by atoms with Crippen molar-refractivity contribution in [3.63, 3.8) is 0 Å². The number of hydrogen-bond donors (Lipinski definition) is 4. The lowest BCUT2D eigenvalue weighted by Crippen LogP contribution is -2.54. The fourth-order valence-corrected chi connectivity index (χ4v) is 6.10. The minimum Gasteiger partial charge on any atom is -0.385 e. The Morgan fingerprint density at radius 3 is 2.62 bits per heavy atom. The first-order chi connectivity index (χ1) is 17.7. The SMILES string of the molecule is CNCC(CC1CCCCC1)NC(=O)N1CCCC(C(O)(CCCNC(C)=O)c2cccc(F)c2F)C1. The number of hydrogen-bond acceptors (Lipinski definition) is 4. The molecule has 0 bridgehead atoms. The Labute approximate surface area is 219 Å². The van der Waals surface area contributed by atoms with Crippen molar-refractivity contribution < 1.29 is 23.5 Å². The molecule has 3 atom stereocenters. The highest BCUT2D eigenvalue weighted by atomic mass is 19.2. The molecule has 7 nitrogen and oxygen atoms in total. The zero-order chi connectivity index (χ0) is 26.8. The minimum atomic E-state index is -1.67. The van der Waals surface area contributed by atoms with Gasteiger partial charge in [-0.3, -0.25) is 4.79 Å². The number of halogens is 2. The number of carbonyl (C=O) groups excluding carboxylic acids is 2. The van der Waals surface area contributed by atoms with Crippen molar-refractivity contribution in [3.8, 4) is 0 Å². The molecule has 3 amide bonds. The largest absolute Gasteiger partial charge is 0.385 e. The third kappa shape index (κ3) is 8.11. The molecule has 0 spiro atoms. The van der Waals surface area contributed by atoms with Gasteiger partial charge < -0.3 is 26.0 Å². The first kappa shape index (κ1) is 29.3. The van der Waals surface area contributed by atoms with E-state index in [1.54, 1.807) is 4.90 Å². The van der Waals surface area contributed by atoms with E-state index < -0.39 is 23.2 Å². The number of nitrogens with zero attached hydrogens (tertiary/aromatic N) is 1. The molecule has 1 saturated heterocycles. The van der Waals surface area contributed by atoms with Crippen molar-refractivity contribution in [2.75, 3.05) is 33.2 Å². The van der Waals surface area contributed by atoms with Crippen LogP contribution in [-0.4, -0.2) is 61.2 Å². The smallest absolute Gasteiger partial charge is 0.317 e. The van der Waals surface area contributed by atoms with Gasteiger partial charge in [0, 0.05) is 50.6 Å². The van der Waals surface area contributed by atoms with Crippen molar-refractivity contribution in [2.24, 2.45) is 11.8 Å². The van der Waals surface area contributed by atoms with Crippen molar-refractivity contribution in [1.82, 2.24) is 20.9 Å². The normalized spacial score (nSPS) is 21.2. The fourth-order valence-electron chi connectivity index (χ4n) is 6.10. The number of benzene rings is 1. The molecule has 37 heavy (non-hydrogen) atoms. The minimum absolute atomic E-state index is 0.0122. The van der Waals surface area contributed by atoms with Crippen molar-refractivity contribution >= 4 is 11.9 Å². The van der Waals surface area contributed by atoms with E-state index in [1.165, 1.54) is 51.2 Å². The summed E-state index contributed by atoms with van der Waals surface area (Å²) in [5.41, 5.74) is -1.76. The van der Waals surface area contributed by atoms with Crippen LogP contribution in [0.25, 0.3) is 0 Å². The lowest BCUT2D eigenvalue weighted by Gasteiger charge is -2.43. The number of piperidine rings is 1. The standard InChI is InChI=1S/C28H44F2N4O3/c1-20(35)32-15-8-14-28(37,24-12-6-13-25(29)26(24)30)22-11-7-16-34(19-22)27(36)33-23(18-31-2)17-21-9-4-3-5-10-21/h6,12-13,21-23,31,37H,3-5,7-11,14-19H2,1-2H3,(H,32,35)(H,33,36). The number of amides is 3. The molecular weight excluding hydrogens is 478 g/mol. The summed E-state index contributed by atoms with van der Waals surface area (Å²) in [5.74, 6) is -2.12. The van der Waals surface area contributed by atoms with Gasteiger partial charge in [-0.25, -0.2) is 13.6 Å². The topological polar surface area (TPSA) is 93.7 Å². The van der Waals surface area contributed by atoms with E-state index >= 15 is 0 Å². The first-order valence-corrected chi connectivity index (χ1v) is 13.9. The lowest BCUT2D eigenvalue weighted by molar-refractivity contribution is -0.119. The Morgan fingerprint density at radius 1 is 1.16 bits per heavy atom. The summed E-state index contributed by atoms with van der Waals surface area (Å²) in [7, 11) is 1.88. The summed E-state index contributed by atoms with van der Waals surface area (Å²) >= 11 is 0. The van der Waals surface area contributed by atoms with Crippen molar-refractivity contribution in [3.05, 3.63) is 35.4 Å². The maximum Gasteiger partial charge on any atom is 0.317 e. The van der Waals surface area contributed by atoms with E-state index in [0.29, 0.717) is 44.8 Å². The highest BCUT2D eigenvalue weighted by Gasteiger charge is 2.43. The summed E-state index contributed by atoms with van der Waals surface area (Å²) in [5, 5.41) is 20.9. The van der Waals surface area contributed by atoms with Crippen LogP contribution in [0.4, 0.5) is 13.6 Å². The van der Waals surface area contributed by atoms with Crippen LogP contribution in [-0.2, 0) is 10.4 Å². The first-order valence-electron chi connectivity index (χ1n) is 13.9. The molecule has 1 aliphatic carbocycles. The molecule has 2 aliphatic rings. The number of likely N-dealkylation sites (N-methyl/N-ethyl adjacent to an activating group) is 1. The van der Waals surface area contributed by atoms with Gasteiger partial charge in [0.15, 0.2) is 11.6 Å². The van der Waals surface area contributed by atoms with Crippen LogP contribution >= 0.6 is 0 Å². The summed E-state index contributed by atoms with van der Waals surface area (Å²) in [4.78, 5) is 26.3. The average Bonchev–Trinajstić information content (AvgIpc) is 2.89. The van der Waals surface area contributed by atoms with Crippen LogP contribution in [0.2, 0.25) is 0 Å². The van der Waals surface area contributed by atoms with Crippen LogP contribution in [0, 0.1) is 23.5 Å². The van der Waals surface area contributed by atoms with E-state index in [1.807, 2.05) is 7.05 Å². The van der Waals surface area contributed by atoms with E-state index in [2.05, 4.69) is 16.0 Å². The summed E-state index contributed by atoms with van der Waals surface area (Å²) in [6.45, 7) is 3.20. The molecule has 208 valence electrons. The average molecular weight is 523 g/mol. The molecule has 1 aromatic rings. The van der Waals surface area contributed by atoms with Crippen LogP contribution < -0.4 is 16.0 Å². The molecule has 4 N–H and O–H groups in total. The predicted octanol–water partition coefficient (Wildman–Crippen LogP) is 4.05. The van der Waals surface area contributed by atoms with Gasteiger partial charge in [0.05, 0.1) is 5.60 Å². The quantitative estimate of drug-likeness (QED) is 0.330. The van der Waals surface area contributed by atoms with Crippen LogP contribution in [0.5, 0.6) is 0 Å². The van der Waals surface area contributed by atoms with Gasteiger partial charge in [-0.05, 0) is 51.1 Å². The second-order valence-corrected chi connectivity index (χ2v) is 10.8. The Hall–Kier alpha value is -2.26. The Balaban J connectivity index is 1.72. The highest BCUT2D eigenvalue weighted by molar-refractivity contribution is 5.74. The van der Waals surface area contributed by atoms with Crippen LogP contribution in [0.3, 0.4) is 0 Å². The number of urea groups is 1. The maximum absolute atomic E-state index is 14.9. The molecule has 0 aromatic heterocycles. The molecule has 1 aliphatic heterocycles. The molecule has 1 heterocycles. The summed E-state index contributed by atoms with van der Waals surface area (Å²) < 4.78 is 29.1. The number of carbonyl (C=O) groups is 2. The van der Waals surface area contributed by atoms with Crippen LogP contribution in [0.15, 0.2) is 18.2 Å². The molecular formula is C28H44F2N4O3. The molecule has 9 heteroatoms. The Morgan fingerprint density at radius 2 is 1.92 bits per heavy atom. The van der Waals surface area contributed by atoms with Gasteiger partial charge in [0.2, 0.25) is 5.91 Å². The summed E-state index contributed by atoms with van der Waals surface area (Å²) in [6, 6.07) is 3.68. The predicted molar refractivity (Wildman–Crippen MR) is 140 cm³/mol. The van der Waals surface area contributed by atoms with Gasteiger partial charge in [-0.2, -0.15) is 0 Å². The van der Waals surface area contributed by atoms with E-state index in [9.17, 15) is 23.5 Å². The number of aliphatic hydroxyl groups is 1. The molecule has 1 saturated carbocycles. The Kier molecular flexibility index (Phi) is 11.1. The van der Waals surface area contributed by atoms with Crippen molar-refractivity contribution in [1.29, 1.82) is 0 Å². The Bertz CT molecular complexity index is 896. The van der Waals surface area contributed by atoms with E-state index in [-0.39, 0.29) is 36.5 Å². The van der Waals surface area contributed by atoms with Crippen molar-refractivity contribution in [2.45, 2.75) is 82.8 Å². The molecule has 1 aromatic carbocycles. The number of likely N-dealkylation sites (tertiary alicyclic amines) is 1. The molecule has 3 unspecified atom stereocenters. The van der Waals surface area contributed by atoms with Gasteiger partial charge in [0.25, 0.3) is 0 Å². The monoisotopic (exact) mass is 522 g/mol. The van der Waals surface area contributed by atoms with Gasteiger partial charge in [-0.1, -0.05) is 44.2 Å². The number of nitrogens with one attached hydrogen (secondary N) is 3. The third-order valence-electron chi connectivity index (χ3n) is 8.03. The third-order valence-corrected chi connectivity index (χ3v) is 8.03. The molecule has 3 rings (SSSR count). The lowest BCUT2D eigenvalue weighted by atomic mass is 9.74. The zero-order valence-corrected chi connectivity index (χ0v) is 22.3. The van der Waals surface area contributed by atoms with Gasteiger partial charge >= 0.3 is 6.03 Å². The highest BCUT2D eigenvalue weighted by Crippen LogP contribution is 2.41. The fraction of sp³-hybridized carbons (Fsp3) is 0.714. The van der Waals surface area contributed by atoms with Gasteiger partial charge in [0.1, 0.15) is 0 Å². The second-order valence-electron chi connectivity index (χ2n) is 10.8. The zero-order valence-electron chi connectivity index (χ0n) is 22.3. The van der Waals surface area contributed by atoms with E-state index in [4.69, 9.17) is 0 Å². The van der Waals surface area contributed by atoms with E-state index in [0.717, 1.165) is 12.5 Å². The maximum atomic E-state index is 14.9. The molecule has 2 fully saturated rings.